The summed E-state index contributed by atoms with van der Waals surface area (Å²) in [6.07, 6.45) is -4.39. The second kappa shape index (κ2) is 6.69. The second-order valence-electron chi connectivity index (χ2n) is 5.45. The van der Waals surface area contributed by atoms with Crippen molar-refractivity contribution in [3.8, 4) is 6.07 Å². The van der Waals surface area contributed by atoms with Crippen LogP contribution in [-0.4, -0.2) is 18.0 Å². The van der Waals surface area contributed by atoms with E-state index in [0.29, 0.717) is 5.69 Å². The molecule has 1 amide bonds. The highest BCUT2D eigenvalue weighted by atomic mass is 19.4. The summed E-state index contributed by atoms with van der Waals surface area (Å²) in [5.74, 6) is -0.481. The maximum Gasteiger partial charge on any atom is 0.416 e. The lowest BCUT2D eigenvalue weighted by molar-refractivity contribution is -0.137. The lowest BCUT2D eigenvalue weighted by Crippen LogP contribution is -2.50. The van der Waals surface area contributed by atoms with Gasteiger partial charge in [0, 0.05) is 5.69 Å². The maximum absolute atomic E-state index is 12.4. The SMILES string of the molecule is CC(C)[C@](C)(C#N)NC(=O)CNc1ccc(C(F)(F)F)cc1. The third-order valence-corrected chi connectivity index (χ3v) is 3.45. The predicted molar refractivity (Wildman–Crippen MR) is 76.9 cm³/mol. The molecule has 0 saturated carbocycles. The fourth-order valence-electron chi connectivity index (χ4n) is 1.59. The number of amides is 1. The number of nitrogens with one attached hydrogen (secondary N) is 2. The predicted octanol–water partition coefficient (Wildman–Crippen LogP) is 3.17. The van der Waals surface area contributed by atoms with Crippen LogP contribution >= 0.6 is 0 Å². The van der Waals surface area contributed by atoms with Gasteiger partial charge in [0.15, 0.2) is 0 Å². The molecule has 0 bridgehead atoms. The molecule has 0 aliphatic heterocycles. The Kier molecular flexibility index (Phi) is 5.42. The first-order valence-electron chi connectivity index (χ1n) is 6.72. The number of alkyl halides is 3. The lowest BCUT2D eigenvalue weighted by atomic mass is 9.90. The highest BCUT2D eigenvalue weighted by Crippen LogP contribution is 2.29. The van der Waals surface area contributed by atoms with Crippen LogP contribution in [0.3, 0.4) is 0 Å². The minimum atomic E-state index is -4.39. The van der Waals surface area contributed by atoms with Crippen molar-refractivity contribution >= 4 is 11.6 Å². The molecule has 0 radical (unpaired) electrons. The summed E-state index contributed by atoms with van der Waals surface area (Å²) in [5, 5.41) is 14.4. The van der Waals surface area contributed by atoms with E-state index in [-0.39, 0.29) is 12.5 Å². The van der Waals surface area contributed by atoms with Gasteiger partial charge in [-0.15, -0.1) is 0 Å². The number of hydrogen-bond donors (Lipinski definition) is 2. The number of anilines is 1. The van der Waals surface area contributed by atoms with Gasteiger partial charge in [-0.05, 0) is 37.1 Å². The van der Waals surface area contributed by atoms with Crippen molar-refractivity contribution in [2.75, 3.05) is 11.9 Å². The zero-order valence-corrected chi connectivity index (χ0v) is 12.6. The molecule has 7 heteroatoms. The Morgan fingerprint density at radius 3 is 2.23 bits per heavy atom. The number of carbonyl (C=O) groups is 1. The van der Waals surface area contributed by atoms with Crippen molar-refractivity contribution in [1.29, 1.82) is 5.26 Å². The van der Waals surface area contributed by atoms with Gasteiger partial charge in [-0.25, -0.2) is 0 Å². The normalized spacial score (nSPS) is 14.1. The zero-order valence-electron chi connectivity index (χ0n) is 12.6. The number of hydrogen-bond acceptors (Lipinski definition) is 3. The first-order chi connectivity index (χ1) is 10.1. The van der Waals surface area contributed by atoms with Gasteiger partial charge in [0.05, 0.1) is 18.2 Å². The van der Waals surface area contributed by atoms with E-state index >= 15 is 0 Å². The molecule has 120 valence electrons. The molecular formula is C15H18F3N3O. The van der Waals surface area contributed by atoms with Crippen LogP contribution < -0.4 is 10.6 Å². The van der Waals surface area contributed by atoms with Gasteiger partial charge < -0.3 is 10.6 Å². The van der Waals surface area contributed by atoms with Crippen LogP contribution in [0.25, 0.3) is 0 Å². The van der Waals surface area contributed by atoms with Crippen molar-refractivity contribution < 1.29 is 18.0 Å². The summed E-state index contributed by atoms with van der Waals surface area (Å²) in [4.78, 5) is 11.8. The van der Waals surface area contributed by atoms with Crippen LogP contribution in [0, 0.1) is 17.2 Å². The average Bonchev–Trinajstić information content (AvgIpc) is 2.44. The quantitative estimate of drug-likeness (QED) is 0.877. The molecule has 4 nitrogen and oxygen atoms in total. The molecule has 0 aromatic heterocycles. The van der Waals surface area contributed by atoms with Gasteiger partial charge in [-0.2, -0.15) is 18.4 Å². The minimum Gasteiger partial charge on any atom is -0.376 e. The van der Waals surface area contributed by atoms with Gasteiger partial charge in [0.1, 0.15) is 5.54 Å². The number of benzene rings is 1. The van der Waals surface area contributed by atoms with E-state index in [0.717, 1.165) is 12.1 Å². The number of carbonyl (C=O) groups excluding carboxylic acids is 1. The molecule has 22 heavy (non-hydrogen) atoms. The molecule has 1 atom stereocenters. The van der Waals surface area contributed by atoms with Crippen molar-refractivity contribution in [2.24, 2.45) is 5.92 Å². The van der Waals surface area contributed by atoms with Crippen molar-refractivity contribution in [2.45, 2.75) is 32.5 Å². The topological polar surface area (TPSA) is 64.9 Å². The Morgan fingerprint density at radius 1 is 1.27 bits per heavy atom. The van der Waals surface area contributed by atoms with Gasteiger partial charge in [0.2, 0.25) is 5.91 Å². The van der Waals surface area contributed by atoms with Gasteiger partial charge in [0.25, 0.3) is 0 Å². The summed E-state index contributed by atoms with van der Waals surface area (Å²) in [7, 11) is 0. The average molecular weight is 313 g/mol. The van der Waals surface area contributed by atoms with E-state index in [4.69, 9.17) is 5.26 Å². The number of nitrogens with zero attached hydrogens (tertiary/aromatic N) is 1. The number of rotatable bonds is 5. The van der Waals surface area contributed by atoms with Crippen LogP contribution in [0.1, 0.15) is 26.3 Å². The maximum atomic E-state index is 12.4. The second-order valence-corrected chi connectivity index (χ2v) is 5.45. The van der Waals surface area contributed by atoms with Crippen LogP contribution in [0.5, 0.6) is 0 Å². The van der Waals surface area contributed by atoms with Gasteiger partial charge in [-0.3, -0.25) is 4.79 Å². The van der Waals surface area contributed by atoms with Crippen molar-refractivity contribution in [3.05, 3.63) is 29.8 Å². The molecule has 1 aromatic carbocycles. The summed E-state index contributed by atoms with van der Waals surface area (Å²) in [5.41, 5.74) is -1.34. The molecular weight excluding hydrogens is 295 g/mol. The smallest absolute Gasteiger partial charge is 0.376 e. The number of halogens is 3. The summed E-state index contributed by atoms with van der Waals surface area (Å²) < 4.78 is 37.3. The van der Waals surface area contributed by atoms with E-state index < -0.39 is 23.2 Å². The van der Waals surface area contributed by atoms with Gasteiger partial charge in [-0.1, -0.05) is 13.8 Å². The molecule has 0 heterocycles. The van der Waals surface area contributed by atoms with Crippen molar-refractivity contribution in [1.82, 2.24) is 5.32 Å². The van der Waals surface area contributed by atoms with Crippen LogP contribution in [0.2, 0.25) is 0 Å². The number of nitriles is 1. The third-order valence-electron chi connectivity index (χ3n) is 3.45. The molecule has 2 N–H and O–H groups in total. The molecule has 0 fully saturated rings. The van der Waals surface area contributed by atoms with Crippen LogP contribution in [0.15, 0.2) is 24.3 Å². The molecule has 0 unspecified atom stereocenters. The first kappa shape index (κ1) is 17.8. The largest absolute Gasteiger partial charge is 0.416 e. The fraction of sp³-hybridized carbons (Fsp3) is 0.467. The van der Waals surface area contributed by atoms with E-state index in [1.165, 1.54) is 12.1 Å². The zero-order chi connectivity index (χ0) is 17.0. The van der Waals surface area contributed by atoms with E-state index in [1.807, 2.05) is 19.9 Å². The highest BCUT2D eigenvalue weighted by Gasteiger charge is 2.30. The first-order valence-corrected chi connectivity index (χ1v) is 6.72. The molecule has 0 saturated heterocycles. The van der Waals surface area contributed by atoms with Crippen LogP contribution in [0.4, 0.5) is 18.9 Å². The lowest BCUT2D eigenvalue weighted by Gasteiger charge is -2.27. The standard InChI is InChI=1S/C15H18F3N3O/c1-10(2)14(3,9-19)21-13(22)8-20-12-6-4-11(5-7-12)15(16,17)18/h4-7,10,20H,8H2,1-3H3,(H,21,22)/t14-/m0/s1. The Hall–Kier alpha value is -2.23. The van der Waals surface area contributed by atoms with E-state index in [2.05, 4.69) is 10.6 Å². The fourth-order valence-corrected chi connectivity index (χ4v) is 1.59. The molecule has 0 aliphatic carbocycles. The monoisotopic (exact) mass is 313 g/mol. The molecule has 1 aromatic rings. The Labute approximate surface area is 127 Å². The highest BCUT2D eigenvalue weighted by molar-refractivity contribution is 5.81. The molecule has 0 spiro atoms. The van der Waals surface area contributed by atoms with E-state index in [1.54, 1.807) is 6.92 Å². The summed E-state index contributed by atoms with van der Waals surface area (Å²) in [6, 6.07) is 6.43. The third kappa shape index (κ3) is 4.65. The Morgan fingerprint density at radius 2 is 1.82 bits per heavy atom. The summed E-state index contributed by atoms with van der Waals surface area (Å²) in [6.45, 7) is 5.11. The van der Waals surface area contributed by atoms with E-state index in [9.17, 15) is 18.0 Å². The van der Waals surface area contributed by atoms with Crippen LogP contribution in [-0.2, 0) is 11.0 Å². The minimum absolute atomic E-state index is 0.0764. The molecule has 0 aliphatic rings. The Bertz CT molecular complexity index is 561. The Balaban J connectivity index is 2.60. The van der Waals surface area contributed by atoms with Gasteiger partial charge >= 0.3 is 6.18 Å². The summed E-state index contributed by atoms with van der Waals surface area (Å²) >= 11 is 0. The molecule has 1 rings (SSSR count). The van der Waals surface area contributed by atoms with Crippen molar-refractivity contribution in [3.63, 3.8) is 0 Å².